The quantitative estimate of drug-likeness (QED) is 0.374. The van der Waals surface area contributed by atoms with E-state index in [1.165, 1.54) is 6.33 Å². The Morgan fingerprint density at radius 1 is 1.34 bits per heavy atom. The van der Waals surface area contributed by atoms with Crippen molar-refractivity contribution in [3.63, 3.8) is 0 Å². The Hall–Kier alpha value is -2.95. The highest BCUT2D eigenvalue weighted by atomic mass is 16.5. The van der Waals surface area contributed by atoms with Gasteiger partial charge in [-0.2, -0.15) is 0 Å². The molecule has 0 aliphatic carbocycles. The molecule has 3 aromatic heterocycles. The van der Waals surface area contributed by atoms with E-state index < -0.39 is 18.4 Å². The molecule has 3 atom stereocenters. The number of aromatic nitrogens is 5. The number of anilines is 1. The highest BCUT2D eigenvalue weighted by Crippen LogP contribution is 2.31. The van der Waals surface area contributed by atoms with E-state index in [0.29, 0.717) is 48.4 Å². The van der Waals surface area contributed by atoms with Gasteiger partial charge in [-0.05, 0) is 18.6 Å². The van der Waals surface area contributed by atoms with Crippen LogP contribution in [0.25, 0.3) is 11.2 Å². The predicted octanol–water partition coefficient (Wildman–Crippen LogP) is 0.937. The van der Waals surface area contributed by atoms with Gasteiger partial charge in [0.2, 0.25) is 0 Å². The average Bonchev–Trinajstić information content (AvgIpc) is 3.35. The maximum absolute atomic E-state index is 12.1. The van der Waals surface area contributed by atoms with E-state index in [2.05, 4.69) is 25.3 Å². The minimum absolute atomic E-state index is 0.0485. The molecule has 0 amide bonds. The molecule has 10 heteroatoms. The van der Waals surface area contributed by atoms with Crippen molar-refractivity contribution in [3.05, 3.63) is 42.7 Å². The molecule has 3 unspecified atom stereocenters. The van der Waals surface area contributed by atoms with Crippen molar-refractivity contribution in [1.82, 2.24) is 24.5 Å². The molecule has 152 valence electrons. The molecule has 29 heavy (non-hydrogen) atoms. The molecule has 3 N–H and O–H groups in total. The first-order valence-electron chi connectivity index (χ1n) is 9.46. The molecule has 1 fully saturated rings. The Balaban J connectivity index is 1.39. The summed E-state index contributed by atoms with van der Waals surface area (Å²) < 4.78 is 7.41. The van der Waals surface area contributed by atoms with Crippen LogP contribution in [-0.4, -0.2) is 65.9 Å². The van der Waals surface area contributed by atoms with Gasteiger partial charge < -0.3 is 20.3 Å². The van der Waals surface area contributed by atoms with Crippen LogP contribution in [0.3, 0.4) is 0 Å². The summed E-state index contributed by atoms with van der Waals surface area (Å²) >= 11 is 0. The number of ether oxygens (including phenoxy) is 1. The summed E-state index contributed by atoms with van der Waals surface area (Å²) in [5.74, 6) is 0.618. The Labute approximate surface area is 166 Å². The molecule has 4 rings (SSSR count). The van der Waals surface area contributed by atoms with Crippen molar-refractivity contribution in [3.8, 4) is 0 Å². The number of nitrogens with zero attached hydrogens (tertiary/aromatic N) is 5. The van der Waals surface area contributed by atoms with E-state index in [1.807, 2.05) is 0 Å². The molecule has 0 radical (unpaired) electrons. The third kappa shape index (κ3) is 4.09. The molecular weight excluding hydrogens is 376 g/mol. The normalized spacial score (nSPS) is 21.5. The number of hydrogen-bond acceptors (Lipinski definition) is 9. The van der Waals surface area contributed by atoms with Gasteiger partial charge in [-0.25, -0.2) is 15.0 Å². The number of carbonyl (C=O) groups is 1. The zero-order valence-corrected chi connectivity index (χ0v) is 15.7. The minimum atomic E-state index is -0.737. The van der Waals surface area contributed by atoms with Crippen LogP contribution >= 0.6 is 0 Å². The first-order chi connectivity index (χ1) is 14.2. The van der Waals surface area contributed by atoms with Crippen LogP contribution in [0.2, 0.25) is 0 Å². The molecule has 0 bridgehead atoms. The van der Waals surface area contributed by atoms with E-state index >= 15 is 0 Å². The highest BCUT2D eigenvalue weighted by Gasteiger charge is 2.35. The second-order valence-corrected chi connectivity index (χ2v) is 6.86. The number of rotatable bonds is 8. The molecule has 1 aliphatic rings. The summed E-state index contributed by atoms with van der Waals surface area (Å²) in [5.41, 5.74) is 1.76. The third-order valence-corrected chi connectivity index (χ3v) is 4.91. The zero-order valence-electron chi connectivity index (χ0n) is 15.7. The number of imidazole rings is 1. The van der Waals surface area contributed by atoms with Gasteiger partial charge in [-0.1, -0.05) is 0 Å². The van der Waals surface area contributed by atoms with Gasteiger partial charge in [0.15, 0.2) is 22.8 Å². The highest BCUT2D eigenvalue weighted by molar-refractivity contribution is 5.95. The van der Waals surface area contributed by atoms with Crippen molar-refractivity contribution in [2.75, 3.05) is 18.5 Å². The number of Topliss-reactive ketones (excluding diaryl/α,β-unsaturated/α-hetero) is 1. The standard InChI is InChI=1S/C19H22N6O4/c26-9-15-14(28)7-16(29-15)25-11-24-17-18(22-10-23-19(17)25)21-6-2-4-13(27)12-3-1-5-20-8-12/h1,3,5,8,10-11,14-16,26,28H,2,4,6-7,9H2,(H,21,22,23). The van der Waals surface area contributed by atoms with E-state index in [1.54, 1.807) is 35.4 Å². The SMILES string of the molecule is O=C(CCCNc1ncnc2c1ncn2C1CC(O)C(CO)O1)c1cccnc1. The van der Waals surface area contributed by atoms with Crippen molar-refractivity contribution in [2.24, 2.45) is 0 Å². The van der Waals surface area contributed by atoms with Crippen molar-refractivity contribution in [1.29, 1.82) is 0 Å². The first kappa shape index (κ1) is 19.4. The molecule has 0 spiro atoms. The predicted molar refractivity (Wildman–Crippen MR) is 103 cm³/mol. The van der Waals surface area contributed by atoms with Crippen molar-refractivity contribution in [2.45, 2.75) is 37.7 Å². The van der Waals surface area contributed by atoms with E-state index in [-0.39, 0.29) is 12.4 Å². The Kier molecular flexibility index (Phi) is 5.74. The summed E-state index contributed by atoms with van der Waals surface area (Å²) in [4.78, 5) is 29.0. The molecule has 1 saturated heterocycles. The molecule has 0 saturated carbocycles. The van der Waals surface area contributed by atoms with Crippen LogP contribution in [0.4, 0.5) is 5.82 Å². The first-order valence-corrected chi connectivity index (χ1v) is 9.46. The second-order valence-electron chi connectivity index (χ2n) is 6.86. The number of nitrogens with one attached hydrogen (secondary N) is 1. The van der Waals surface area contributed by atoms with E-state index in [9.17, 15) is 15.0 Å². The molecule has 1 aliphatic heterocycles. The third-order valence-electron chi connectivity index (χ3n) is 4.91. The van der Waals surface area contributed by atoms with Crippen LogP contribution in [-0.2, 0) is 4.74 Å². The number of hydrogen-bond donors (Lipinski definition) is 3. The summed E-state index contributed by atoms with van der Waals surface area (Å²) in [6.45, 7) is 0.306. The van der Waals surface area contributed by atoms with Gasteiger partial charge >= 0.3 is 0 Å². The van der Waals surface area contributed by atoms with Crippen LogP contribution in [0.15, 0.2) is 37.2 Å². The lowest BCUT2D eigenvalue weighted by molar-refractivity contribution is -0.0432. The Bertz CT molecular complexity index is 979. The van der Waals surface area contributed by atoms with Gasteiger partial charge in [0.25, 0.3) is 0 Å². The summed E-state index contributed by atoms with van der Waals surface area (Å²) in [5, 5.41) is 22.4. The van der Waals surface area contributed by atoms with Gasteiger partial charge in [0, 0.05) is 37.3 Å². The smallest absolute Gasteiger partial charge is 0.167 e. The fourth-order valence-corrected chi connectivity index (χ4v) is 3.37. The second kappa shape index (κ2) is 8.60. The molecule has 10 nitrogen and oxygen atoms in total. The number of fused-ring (bicyclic) bond motifs is 1. The van der Waals surface area contributed by atoms with Crippen LogP contribution in [0.5, 0.6) is 0 Å². The van der Waals surface area contributed by atoms with E-state index in [0.717, 1.165) is 0 Å². The fourth-order valence-electron chi connectivity index (χ4n) is 3.37. The molecular formula is C19H22N6O4. The minimum Gasteiger partial charge on any atom is -0.394 e. The largest absolute Gasteiger partial charge is 0.394 e. The number of aliphatic hydroxyl groups excluding tert-OH is 2. The van der Waals surface area contributed by atoms with Crippen LogP contribution in [0.1, 0.15) is 35.8 Å². The fraction of sp³-hybridized carbons (Fsp3) is 0.421. The topological polar surface area (TPSA) is 135 Å². The monoisotopic (exact) mass is 398 g/mol. The molecule has 0 aromatic carbocycles. The molecule has 4 heterocycles. The number of ketones is 1. The average molecular weight is 398 g/mol. The number of carbonyl (C=O) groups excluding carboxylic acids is 1. The lowest BCUT2D eigenvalue weighted by Gasteiger charge is -2.13. The maximum atomic E-state index is 12.1. The van der Waals surface area contributed by atoms with Gasteiger partial charge in [0.1, 0.15) is 18.7 Å². The lowest BCUT2D eigenvalue weighted by Crippen LogP contribution is -2.24. The summed E-state index contributed by atoms with van der Waals surface area (Å²) in [7, 11) is 0. The van der Waals surface area contributed by atoms with Crippen LogP contribution in [0, 0.1) is 0 Å². The summed E-state index contributed by atoms with van der Waals surface area (Å²) in [6, 6.07) is 3.50. The Morgan fingerprint density at radius 2 is 2.24 bits per heavy atom. The van der Waals surface area contributed by atoms with Gasteiger partial charge in [0.05, 0.1) is 19.0 Å². The number of pyridine rings is 1. The zero-order chi connectivity index (χ0) is 20.2. The molecule has 3 aromatic rings. The Morgan fingerprint density at radius 3 is 3.00 bits per heavy atom. The van der Waals surface area contributed by atoms with Crippen molar-refractivity contribution >= 4 is 22.8 Å². The van der Waals surface area contributed by atoms with Crippen molar-refractivity contribution < 1.29 is 19.7 Å². The number of aliphatic hydroxyl groups is 2. The van der Waals surface area contributed by atoms with E-state index in [4.69, 9.17) is 4.74 Å². The lowest BCUT2D eigenvalue weighted by atomic mass is 10.1. The van der Waals surface area contributed by atoms with Gasteiger partial charge in [-0.3, -0.25) is 14.3 Å². The maximum Gasteiger partial charge on any atom is 0.167 e. The summed E-state index contributed by atoms with van der Waals surface area (Å²) in [6.07, 6.45) is 5.80. The van der Waals surface area contributed by atoms with Crippen LogP contribution < -0.4 is 5.32 Å². The van der Waals surface area contributed by atoms with Gasteiger partial charge in [-0.15, -0.1) is 0 Å².